The molecule has 2 amide bonds. The second kappa shape index (κ2) is 11.0. The van der Waals surface area contributed by atoms with E-state index < -0.39 is 33.6 Å². The second-order valence-corrected chi connectivity index (χ2v) is 11.1. The van der Waals surface area contributed by atoms with Crippen molar-refractivity contribution in [2.24, 2.45) is 12.2 Å². The minimum atomic E-state index is -3.88. The molecule has 0 aliphatic carbocycles. The maximum Gasteiger partial charge on any atom is 0.255 e. The molecule has 1 aliphatic rings. The number of primary sulfonamides is 1. The lowest BCUT2D eigenvalue weighted by Crippen LogP contribution is -2.37. The summed E-state index contributed by atoms with van der Waals surface area (Å²) in [7, 11) is -2.33. The Labute approximate surface area is 225 Å². The molecule has 1 saturated heterocycles. The van der Waals surface area contributed by atoms with E-state index in [-0.39, 0.29) is 29.7 Å². The van der Waals surface area contributed by atoms with Crippen LogP contribution in [0.5, 0.6) is 0 Å². The van der Waals surface area contributed by atoms with Crippen LogP contribution in [0.25, 0.3) is 11.1 Å². The first-order valence-corrected chi connectivity index (χ1v) is 13.8. The van der Waals surface area contributed by atoms with Gasteiger partial charge in [0.2, 0.25) is 10.0 Å². The first-order chi connectivity index (χ1) is 18.3. The Kier molecular flexibility index (Phi) is 7.93. The minimum Gasteiger partial charge on any atom is -0.318 e. The van der Waals surface area contributed by atoms with Crippen LogP contribution >= 0.6 is 0 Å². The van der Waals surface area contributed by atoms with Gasteiger partial charge in [0.05, 0.1) is 11.8 Å². The fraction of sp³-hybridized carbons (Fsp3) is 0.259. The average Bonchev–Trinajstić information content (AvgIpc) is 3.19. The van der Waals surface area contributed by atoms with Gasteiger partial charge in [-0.25, -0.2) is 13.6 Å². The summed E-state index contributed by atoms with van der Waals surface area (Å²) in [6.07, 6.45) is 1.60. The Bertz CT molecular complexity index is 1610. The van der Waals surface area contributed by atoms with Gasteiger partial charge in [0.25, 0.3) is 17.4 Å². The van der Waals surface area contributed by atoms with Crippen molar-refractivity contribution in [2.75, 3.05) is 0 Å². The zero-order valence-corrected chi connectivity index (χ0v) is 22.4. The van der Waals surface area contributed by atoms with Crippen LogP contribution in [0.2, 0.25) is 0 Å². The monoisotopic (exact) mass is 552 g/mol. The molecule has 0 unspecified atom stereocenters. The lowest BCUT2D eigenvalue weighted by Gasteiger charge is -2.22. The van der Waals surface area contributed by atoms with E-state index in [1.807, 2.05) is 19.1 Å². The summed E-state index contributed by atoms with van der Waals surface area (Å²) in [6.45, 7) is 3.55. The molecule has 0 bridgehead atoms. The van der Waals surface area contributed by atoms with E-state index in [9.17, 15) is 27.6 Å². The van der Waals surface area contributed by atoms with E-state index in [1.54, 1.807) is 32.2 Å². The van der Waals surface area contributed by atoms with Crippen LogP contribution in [0, 0.1) is 6.92 Å². The van der Waals surface area contributed by atoms with Crippen LogP contribution in [0.15, 0.2) is 59.5 Å². The third-order valence-corrected chi connectivity index (χ3v) is 7.09. The molecule has 2 heterocycles. The number of carbonyl (C=O) groups excluding carboxylic acids is 3. The lowest BCUT2D eigenvalue weighted by molar-refractivity contribution is -0.213. The molecule has 11 nitrogen and oxygen atoms in total. The molecule has 39 heavy (non-hydrogen) atoms. The Morgan fingerprint density at radius 1 is 1.03 bits per heavy atom. The molecule has 1 atom stereocenters. The largest absolute Gasteiger partial charge is 0.318 e. The first kappa shape index (κ1) is 28.0. The van der Waals surface area contributed by atoms with E-state index in [0.29, 0.717) is 32.9 Å². The van der Waals surface area contributed by atoms with Crippen molar-refractivity contribution in [3.8, 4) is 11.1 Å². The number of nitrogens with two attached hydrogens (primary N) is 1. The van der Waals surface area contributed by atoms with Crippen LogP contribution in [-0.4, -0.2) is 35.6 Å². The quantitative estimate of drug-likeness (QED) is 0.232. The third-order valence-electron chi connectivity index (χ3n) is 6.35. The maximum atomic E-state index is 13.6. The van der Waals surface area contributed by atoms with Crippen LogP contribution in [-0.2, 0) is 37.4 Å². The van der Waals surface area contributed by atoms with Crippen LogP contribution in [0.1, 0.15) is 58.4 Å². The maximum absolute atomic E-state index is 13.6. The average molecular weight is 553 g/mol. The standard InChI is InChI=1S/C27H28N4O7S/c1-16-4-7-19(8-5-16)27(35)20-9-6-18(15-39(28,36)37)12-22(20)23-14-30(3)26(34)13-21(23)17(2)29-38-31-24(32)10-11-25(31)33/h4-9,12-14,17,29H,10-11,15H2,1-3H3,(H2,28,36,37)/t17-/m0/s1. The van der Waals surface area contributed by atoms with Crippen LogP contribution < -0.4 is 16.2 Å². The summed E-state index contributed by atoms with van der Waals surface area (Å²) in [5, 5.41) is 5.91. The smallest absolute Gasteiger partial charge is 0.255 e. The molecule has 204 valence electrons. The molecule has 1 aromatic heterocycles. The van der Waals surface area contributed by atoms with Crippen molar-refractivity contribution in [2.45, 2.75) is 38.5 Å². The van der Waals surface area contributed by atoms with Gasteiger partial charge in [-0.2, -0.15) is 10.4 Å². The Balaban J connectivity index is 1.83. The van der Waals surface area contributed by atoms with Crippen LogP contribution in [0.4, 0.5) is 0 Å². The van der Waals surface area contributed by atoms with Crippen molar-refractivity contribution in [3.05, 3.63) is 92.9 Å². The Hall–Kier alpha value is -3.97. The Morgan fingerprint density at radius 3 is 2.28 bits per heavy atom. The van der Waals surface area contributed by atoms with Gasteiger partial charge in [-0.1, -0.05) is 42.0 Å². The number of pyridine rings is 1. The number of carbonyl (C=O) groups is 3. The molecule has 2 aromatic carbocycles. The molecule has 1 fully saturated rings. The number of hydrogen-bond acceptors (Lipinski definition) is 8. The van der Waals surface area contributed by atoms with Gasteiger partial charge in [-0.05, 0) is 36.6 Å². The van der Waals surface area contributed by atoms with Crippen molar-refractivity contribution >= 4 is 27.6 Å². The number of rotatable bonds is 9. The van der Waals surface area contributed by atoms with Gasteiger partial charge in [-0.3, -0.25) is 19.2 Å². The number of aryl methyl sites for hydroxylation is 2. The molecule has 0 saturated carbocycles. The zero-order chi connectivity index (χ0) is 28.5. The molecule has 4 rings (SSSR count). The SMILES string of the molecule is Cc1ccc(C(=O)c2ccc(CS(N)(=O)=O)cc2-c2cn(C)c(=O)cc2[C@H](C)NON2C(=O)CCC2=O)cc1. The first-order valence-electron chi connectivity index (χ1n) is 12.1. The van der Waals surface area contributed by atoms with Crippen molar-refractivity contribution in [3.63, 3.8) is 0 Å². The van der Waals surface area contributed by atoms with E-state index in [1.165, 1.54) is 29.0 Å². The molecule has 12 heteroatoms. The van der Waals surface area contributed by atoms with Crippen molar-refractivity contribution in [1.29, 1.82) is 0 Å². The summed E-state index contributed by atoms with van der Waals surface area (Å²) in [6, 6.07) is 12.2. The zero-order valence-electron chi connectivity index (χ0n) is 21.6. The molecular formula is C27H28N4O7S. The number of imide groups is 1. The molecule has 3 N–H and O–H groups in total. The number of hydrogen-bond donors (Lipinski definition) is 2. The molecule has 3 aromatic rings. The second-order valence-electron chi connectivity index (χ2n) is 9.49. The number of sulfonamides is 1. The number of nitrogens with one attached hydrogen (secondary N) is 1. The number of benzene rings is 2. The molecule has 1 aliphatic heterocycles. The normalized spacial score (nSPS) is 14.6. The summed E-state index contributed by atoms with van der Waals surface area (Å²) in [5.41, 5.74) is 5.49. The number of hydroxylamine groups is 3. The minimum absolute atomic E-state index is 0.0351. The van der Waals surface area contributed by atoms with E-state index in [2.05, 4.69) is 5.48 Å². The Morgan fingerprint density at radius 2 is 1.67 bits per heavy atom. The van der Waals surface area contributed by atoms with Crippen molar-refractivity contribution in [1.82, 2.24) is 15.1 Å². The number of nitrogens with zero attached hydrogens (tertiary/aromatic N) is 2. The highest BCUT2D eigenvalue weighted by Gasteiger charge is 2.31. The summed E-state index contributed by atoms with van der Waals surface area (Å²) in [5.74, 6) is -1.76. The predicted octanol–water partition coefficient (Wildman–Crippen LogP) is 2.03. The molecule has 0 radical (unpaired) electrons. The van der Waals surface area contributed by atoms with Gasteiger partial charge < -0.3 is 4.57 Å². The van der Waals surface area contributed by atoms with E-state index >= 15 is 0 Å². The highest BCUT2D eigenvalue weighted by molar-refractivity contribution is 7.88. The van der Waals surface area contributed by atoms with Crippen LogP contribution in [0.3, 0.4) is 0 Å². The number of aromatic nitrogens is 1. The van der Waals surface area contributed by atoms with E-state index in [4.69, 9.17) is 10.1 Å². The van der Waals surface area contributed by atoms with Gasteiger partial charge in [0, 0.05) is 48.8 Å². The fourth-order valence-corrected chi connectivity index (χ4v) is 4.92. The molecular weight excluding hydrogens is 524 g/mol. The summed E-state index contributed by atoms with van der Waals surface area (Å²) >= 11 is 0. The summed E-state index contributed by atoms with van der Waals surface area (Å²) < 4.78 is 25.0. The van der Waals surface area contributed by atoms with Gasteiger partial charge in [-0.15, -0.1) is 5.06 Å². The number of amides is 2. The van der Waals surface area contributed by atoms with Gasteiger partial charge in [0.15, 0.2) is 5.78 Å². The highest BCUT2D eigenvalue weighted by Crippen LogP contribution is 2.33. The van der Waals surface area contributed by atoms with Crippen molar-refractivity contribution < 1.29 is 27.7 Å². The highest BCUT2D eigenvalue weighted by atomic mass is 32.2. The number of ketones is 1. The predicted molar refractivity (Wildman–Crippen MR) is 142 cm³/mol. The lowest BCUT2D eigenvalue weighted by atomic mass is 9.89. The molecule has 0 spiro atoms. The van der Waals surface area contributed by atoms with Gasteiger partial charge in [0.1, 0.15) is 0 Å². The summed E-state index contributed by atoms with van der Waals surface area (Å²) in [4.78, 5) is 55.4. The topological polar surface area (TPSA) is 158 Å². The fourth-order valence-electron chi connectivity index (χ4n) is 4.28. The van der Waals surface area contributed by atoms with Gasteiger partial charge >= 0.3 is 0 Å². The van der Waals surface area contributed by atoms with E-state index in [0.717, 1.165) is 5.56 Å². The third kappa shape index (κ3) is 6.37.